The summed E-state index contributed by atoms with van der Waals surface area (Å²) < 4.78 is 23.0. The highest BCUT2D eigenvalue weighted by molar-refractivity contribution is 5.83. The molecule has 0 spiro atoms. The van der Waals surface area contributed by atoms with Crippen LogP contribution in [0.5, 0.6) is 0 Å². The Morgan fingerprint density at radius 3 is 2.56 bits per heavy atom. The Kier molecular flexibility index (Phi) is 3.59. The van der Waals surface area contributed by atoms with Gasteiger partial charge >= 0.3 is 5.97 Å². The second kappa shape index (κ2) is 4.00. The van der Waals surface area contributed by atoms with E-state index in [2.05, 4.69) is 0 Å². The number of rotatable bonds is 3. The van der Waals surface area contributed by atoms with Crippen LogP contribution in [-0.4, -0.2) is 17.8 Å². The summed E-state index contributed by atoms with van der Waals surface area (Å²) in [4.78, 5) is 9.64. The number of allylic oxidation sites excluding steroid dienone is 1. The molecule has 1 N–H and O–H groups in total. The van der Waals surface area contributed by atoms with Gasteiger partial charge in [-0.25, -0.2) is 4.79 Å². The van der Waals surface area contributed by atoms with Gasteiger partial charge in [-0.05, 0) is 12.5 Å². The Morgan fingerprint density at radius 1 is 1.67 bits per heavy atom. The zero-order chi connectivity index (χ0) is 7.28. The first-order valence-corrected chi connectivity index (χ1v) is 2.33. The maximum atomic E-state index is 11.8. The summed E-state index contributed by atoms with van der Waals surface area (Å²) in [7, 11) is 0. The van der Waals surface area contributed by atoms with Gasteiger partial charge in [-0.15, -0.1) is 0 Å². The van der Waals surface area contributed by atoms with Gasteiger partial charge in [0.1, 0.15) is 0 Å². The number of aliphatic carboxylic acids is 1. The lowest BCUT2D eigenvalue weighted by molar-refractivity contribution is -0.134. The lowest BCUT2D eigenvalue weighted by Gasteiger charge is -1.84. The van der Waals surface area contributed by atoms with Crippen molar-refractivity contribution in [1.29, 1.82) is 0 Å². The van der Waals surface area contributed by atoms with Crippen LogP contribution in [0.4, 0.5) is 8.78 Å². The summed E-state index contributed by atoms with van der Waals surface area (Å²) in [6.07, 6.45) is 0.514. The third-order valence-electron chi connectivity index (χ3n) is 0.637. The van der Waals surface area contributed by atoms with Crippen molar-refractivity contribution >= 4 is 5.97 Å². The average molecular weight is 136 g/mol. The standard InChI is InChI=1S/C5H6F2O2/c6-3-1-2-4(7)5(8)9/h2H,1,3H2,(H,8,9)/b4-2-. The minimum Gasteiger partial charge on any atom is -0.476 e. The van der Waals surface area contributed by atoms with Gasteiger partial charge in [0.25, 0.3) is 0 Å². The van der Waals surface area contributed by atoms with Crippen LogP contribution in [0.25, 0.3) is 0 Å². The van der Waals surface area contributed by atoms with E-state index in [1.54, 1.807) is 0 Å². The van der Waals surface area contributed by atoms with Crippen LogP contribution in [0.3, 0.4) is 0 Å². The van der Waals surface area contributed by atoms with E-state index in [0.29, 0.717) is 6.08 Å². The maximum Gasteiger partial charge on any atom is 0.364 e. The second-order valence-electron chi connectivity index (χ2n) is 1.33. The fourth-order valence-corrected chi connectivity index (χ4v) is 0.269. The molecule has 2 nitrogen and oxygen atoms in total. The highest BCUT2D eigenvalue weighted by atomic mass is 19.1. The van der Waals surface area contributed by atoms with Crippen LogP contribution in [-0.2, 0) is 4.79 Å². The Labute approximate surface area is 50.8 Å². The number of alkyl halides is 1. The molecule has 52 valence electrons. The fraction of sp³-hybridized carbons (Fsp3) is 0.400. The summed E-state index contributed by atoms with van der Waals surface area (Å²) in [5.74, 6) is -2.95. The van der Waals surface area contributed by atoms with Crippen molar-refractivity contribution in [2.75, 3.05) is 6.67 Å². The number of hydrogen-bond donors (Lipinski definition) is 1. The van der Waals surface area contributed by atoms with E-state index in [0.717, 1.165) is 0 Å². The first kappa shape index (κ1) is 8.07. The molecule has 0 aliphatic heterocycles. The number of carbonyl (C=O) groups is 1. The third-order valence-corrected chi connectivity index (χ3v) is 0.637. The summed E-state index contributed by atoms with van der Waals surface area (Å²) in [6, 6.07) is 0. The van der Waals surface area contributed by atoms with Crippen molar-refractivity contribution in [3.63, 3.8) is 0 Å². The molecule has 9 heavy (non-hydrogen) atoms. The lowest BCUT2D eigenvalue weighted by Crippen LogP contribution is -1.94. The van der Waals surface area contributed by atoms with Crippen molar-refractivity contribution in [2.45, 2.75) is 6.42 Å². The Morgan fingerprint density at radius 2 is 2.22 bits per heavy atom. The molecule has 0 aliphatic carbocycles. The molecule has 0 aliphatic rings. The van der Waals surface area contributed by atoms with Gasteiger partial charge in [-0.3, -0.25) is 4.39 Å². The molecule has 4 heteroatoms. The maximum absolute atomic E-state index is 11.8. The molecule has 0 amide bonds. The van der Waals surface area contributed by atoms with Crippen molar-refractivity contribution in [3.8, 4) is 0 Å². The van der Waals surface area contributed by atoms with E-state index in [1.807, 2.05) is 0 Å². The predicted octanol–water partition coefficient (Wildman–Crippen LogP) is 1.28. The summed E-state index contributed by atoms with van der Waals surface area (Å²) in [6.45, 7) is -0.735. The van der Waals surface area contributed by atoms with E-state index in [9.17, 15) is 13.6 Å². The molecule has 0 fully saturated rings. The monoisotopic (exact) mass is 136 g/mol. The predicted molar refractivity (Wildman–Crippen MR) is 27.4 cm³/mol. The molecule has 0 aromatic heterocycles. The minimum atomic E-state index is -1.65. The zero-order valence-electron chi connectivity index (χ0n) is 4.60. The van der Waals surface area contributed by atoms with E-state index < -0.39 is 18.5 Å². The van der Waals surface area contributed by atoms with Crippen LogP contribution in [0.2, 0.25) is 0 Å². The lowest BCUT2D eigenvalue weighted by atomic mass is 10.4. The molecule has 0 saturated heterocycles. The first-order chi connectivity index (χ1) is 4.18. The van der Waals surface area contributed by atoms with Gasteiger partial charge in [-0.2, -0.15) is 4.39 Å². The quantitative estimate of drug-likeness (QED) is 0.593. The topological polar surface area (TPSA) is 37.3 Å². The van der Waals surface area contributed by atoms with E-state index >= 15 is 0 Å². The number of carboxylic acid groups (broad SMARTS) is 1. The summed E-state index contributed by atoms with van der Waals surface area (Å²) >= 11 is 0. The Balaban J connectivity index is 3.69. The van der Waals surface area contributed by atoms with Crippen LogP contribution in [0.1, 0.15) is 6.42 Å². The SMILES string of the molecule is O=C(O)/C(F)=C/CCF. The average Bonchev–Trinajstić information content (AvgIpc) is 1.82. The van der Waals surface area contributed by atoms with Gasteiger partial charge in [0, 0.05) is 0 Å². The molecule has 0 bridgehead atoms. The van der Waals surface area contributed by atoms with Gasteiger partial charge < -0.3 is 5.11 Å². The largest absolute Gasteiger partial charge is 0.476 e. The van der Waals surface area contributed by atoms with E-state index in [-0.39, 0.29) is 6.42 Å². The van der Waals surface area contributed by atoms with Crippen LogP contribution in [0, 0.1) is 0 Å². The van der Waals surface area contributed by atoms with Crippen LogP contribution >= 0.6 is 0 Å². The molecule has 0 atom stereocenters. The number of halogens is 2. The molecule has 0 aromatic carbocycles. The summed E-state index contributed by atoms with van der Waals surface area (Å²) in [5, 5.41) is 7.84. The van der Waals surface area contributed by atoms with Crippen LogP contribution < -0.4 is 0 Å². The van der Waals surface area contributed by atoms with Crippen molar-refractivity contribution in [3.05, 3.63) is 11.9 Å². The van der Waals surface area contributed by atoms with Gasteiger partial charge in [0.15, 0.2) is 0 Å². The first-order valence-electron chi connectivity index (χ1n) is 2.33. The smallest absolute Gasteiger partial charge is 0.364 e. The van der Waals surface area contributed by atoms with Gasteiger partial charge in [-0.1, -0.05) is 0 Å². The molecular formula is C5H6F2O2. The minimum absolute atomic E-state index is 0.182. The summed E-state index contributed by atoms with van der Waals surface area (Å²) in [5.41, 5.74) is 0. The fourth-order valence-electron chi connectivity index (χ4n) is 0.269. The zero-order valence-corrected chi connectivity index (χ0v) is 4.60. The molecule has 0 aromatic rings. The normalized spacial score (nSPS) is 11.6. The molecule has 0 unspecified atom stereocenters. The highest BCUT2D eigenvalue weighted by Crippen LogP contribution is 1.97. The van der Waals surface area contributed by atoms with Gasteiger partial charge in [0.05, 0.1) is 6.67 Å². The van der Waals surface area contributed by atoms with Gasteiger partial charge in [0.2, 0.25) is 5.83 Å². The second-order valence-corrected chi connectivity index (χ2v) is 1.33. The van der Waals surface area contributed by atoms with E-state index in [4.69, 9.17) is 5.11 Å². The molecule has 0 heterocycles. The molecule has 0 saturated carbocycles. The molecule has 0 rings (SSSR count). The van der Waals surface area contributed by atoms with Crippen LogP contribution in [0.15, 0.2) is 11.9 Å². The van der Waals surface area contributed by atoms with E-state index in [1.165, 1.54) is 0 Å². The van der Waals surface area contributed by atoms with Crippen molar-refractivity contribution in [2.24, 2.45) is 0 Å². The number of hydrogen-bond acceptors (Lipinski definition) is 1. The van der Waals surface area contributed by atoms with Crippen molar-refractivity contribution < 1.29 is 18.7 Å². The van der Waals surface area contributed by atoms with Crippen molar-refractivity contribution in [1.82, 2.24) is 0 Å². The number of carboxylic acids is 1. The molecular weight excluding hydrogens is 130 g/mol. The third kappa shape index (κ3) is 3.64. The Hall–Kier alpha value is -0.930. The Bertz CT molecular complexity index is 131. The highest BCUT2D eigenvalue weighted by Gasteiger charge is 2.02. The molecule has 0 radical (unpaired) electrons.